The monoisotopic (exact) mass is 502 g/mol. The van der Waals surface area contributed by atoms with E-state index in [0.717, 1.165) is 35.5 Å². The van der Waals surface area contributed by atoms with Gasteiger partial charge in [-0.1, -0.05) is 17.7 Å². The third-order valence-electron chi connectivity index (χ3n) is 7.71. The van der Waals surface area contributed by atoms with Gasteiger partial charge in [-0.15, -0.1) is 0 Å². The van der Waals surface area contributed by atoms with Crippen molar-refractivity contribution < 1.29 is 14.3 Å². The van der Waals surface area contributed by atoms with Crippen LogP contribution in [0, 0.1) is 11.3 Å². The molecule has 0 radical (unpaired) electrons. The number of hydrogen-bond acceptors (Lipinski definition) is 6. The molecule has 1 spiro atoms. The molecule has 36 heavy (non-hydrogen) atoms. The first-order valence-electron chi connectivity index (χ1n) is 12.5. The minimum absolute atomic E-state index is 0.0248. The molecule has 3 aromatic rings. The molecule has 0 atom stereocenters. The number of rotatable bonds is 6. The predicted molar refractivity (Wildman–Crippen MR) is 133 cm³/mol. The van der Waals surface area contributed by atoms with Gasteiger partial charge in [-0.05, 0) is 61.6 Å². The van der Waals surface area contributed by atoms with Crippen molar-refractivity contribution in [2.45, 2.75) is 62.1 Å². The van der Waals surface area contributed by atoms with Crippen LogP contribution in [-0.4, -0.2) is 39.5 Å². The number of nitriles is 1. The van der Waals surface area contributed by atoms with E-state index in [1.54, 1.807) is 12.4 Å². The van der Waals surface area contributed by atoms with Gasteiger partial charge in [0.25, 0.3) is 0 Å². The van der Waals surface area contributed by atoms with Crippen molar-refractivity contribution in [3.05, 3.63) is 76.3 Å². The number of ether oxygens (including phenoxy) is 2. The molecular formula is C28H27ClN4O3. The van der Waals surface area contributed by atoms with Crippen molar-refractivity contribution in [1.29, 1.82) is 5.26 Å². The average Bonchev–Trinajstić information content (AvgIpc) is 3.48. The average molecular weight is 503 g/mol. The van der Waals surface area contributed by atoms with Gasteiger partial charge < -0.3 is 9.47 Å². The van der Waals surface area contributed by atoms with Gasteiger partial charge in [0.1, 0.15) is 0 Å². The second kappa shape index (κ2) is 9.11. The summed E-state index contributed by atoms with van der Waals surface area (Å²) in [4.78, 5) is 18.0. The second-order valence-corrected chi connectivity index (χ2v) is 10.5. The highest BCUT2D eigenvalue weighted by Gasteiger charge is 2.48. The zero-order chi connectivity index (χ0) is 24.8. The number of ketones is 1. The predicted octanol–water partition coefficient (Wildman–Crippen LogP) is 5.30. The molecule has 1 aromatic carbocycles. The largest absolute Gasteiger partial charge is 0.348 e. The van der Waals surface area contributed by atoms with Crippen LogP contribution in [0.1, 0.15) is 71.8 Å². The van der Waals surface area contributed by atoms with Crippen molar-refractivity contribution >= 4 is 17.4 Å². The van der Waals surface area contributed by atoms with E-state index in [1.807, 2.05) is 41.1 Å². The molecule has 2 aliphatic carbocycles. The Hall–Kier alpha value is -3.05. The summed E-state index contributed by atoms with van der Waals surface area (Å²) in [5.74, 6) is -0.153. The first kappa shape index (κ1) is 23.4. The topological polar surface area (TPSA) is 90.0 Å². The number of benzene rings is 1. The van der Waals surface area contributed by atoms with Gasteiger partial charge >= 0.3 is 0 Å². The summed E-state index contributed by atoms with van der Waals surface area (Å²) in [5, 5.41) is 15.3. The van der Waals surface area contributed by atoms with Gasteiger partial charge in [-0.25, -0.2) is 4.68 Å². The molecule has 2 aromatic heterocycles. The SMILES string of the molecule is N#CC1(c2ccc(CC(=O)c3cnn(-c4ccc(Cl)cc4)c3C3CC3)cn2)CCC2(CC1)OCCO2. The van der Waals surface area contributed by atoms with Crippen LogP contribution in [0.4, 0.5) is 0 Å². The molecule has 0 unspecified atom stereocenters. The number of Topliss-reactive ketones (excluding diaryl/α,β-unsaturated/α-hetero) is 1. The van der Waals surface area contributed by atoms with Crippen LogP contribution in [0.3, 0.4) is 0 Å². The molecule has 0 N–H and O–H groups in total. The molecule has 0 amide bonds. The van der Waals surface area contributed by atoms with Crippen molar-refractivity contribution in [3.8, 4) is 11.8 Å². The molecule has 2 saturated carbocycles. The van der Waals surface area contributed by atoms with Gasteiger partial charge in [0.15, 0.2) is 11.6 Å². The molecule has 3 fully saturated rings. The van der Waals surface area contributed by atoms with Crippen molar-refractivity contribution in [3.63, 3.8) is 0 Å². The highest BCUT2D eigenvalue weighted by atomic mass is 35.5. The fourth-order valence-electron chi connectivity index (χ4n) is 5.47. The van der Waals surface area contributed by atoms with Crippen LogP contribution < -0.4 is 0 Å². The van der Waals surface area contributed by atoms with Gasteiger partial charge in [-0.2, -0.15) is 10.4 Å². The maximum Gasteiger partial charge on any atom is 0.170 e. The van der Waals surface area contributed by atoms with Gasteiger partial charge in [0, 0.05) is 36.4 Å². The third-order valence-corrected chi connectivity index (χ3v) is 7.97. The Morgan fingerprint density at radius 3 is 2.39 bits per heavy atom. The van der Waals surface area contributed by atoms with E-state index in [1.165, 1.54) is 0 Å². The van der Waals surface area contributed by atoms with E-state index >= 15 is 0 Å². The van der Waals surface area contributed by atoms with Crippen molar-refractivity contribution in [1.82, 2.24) is 14.8 Å². The van der Waals surface area contributed by atoms with E-state index in [-0.39, 0.29) is 12.2 Å². The number of hydrogen-bond donors (Lipinski definition) is 0. The summed E-state index contributed by atoms with van der Waals surface area (Å²) in [7, 11) is 0. The summed E-state index contributed by atoms with van der Waals surface area (Å²) < 4.78 is 13.5. The Balaban J connectivity index is 1.19. The molecule has 0 bridgehead atoms. The Kier molecular flexibility index (Phi) is 5.91. The molecule has 3 heterocycles. The highest BCUT2D eigenvalue weighted by Crippen LogP contribution is 2.46. The lowest BCUT2D eigenvalue weighted by atomic mass is 9.70. The molecule has 3 aliphatic rings. The molecular weight excluding hydrogens is 476 g/mol. The maximum absolute atomic E-state index is 13.3. The summed E-state index contributed by atoms with van der Waals surface area (Å²) in [5.41, 5.74) is 3.47. The lowest BCUT2D eigenvalue weighted by Gasteiger charge is -2.39. The van der Waals surface area contributed by atoms with Gasteiger partial charge in [0.2, 0.25) is 0 Å². The number of carbonyl (C=O) groups excluding carboxylic acids is 1. The molecule has 8 heteroatoms. The van der Waals surface area contributed by atoms with Crippen LogP contribution in [0.25, 0.3) is 5.69 Å². The molecule has 1 aliphatic heterocycles. The first-order valence-corrected chi connectivity index (χ1v) is 12.9. The zero-order valence-electron chi connectivity index (χ0n) is 20.0. The standard InChI is InChI=1S/C28H27ClN4O3/c29-21-4-6-22(7-5-21)33-26(20-2-3-20)23(17-32-33)24(34)15-19-1-8-25(31-16-19)27(18-30)9-11-28(12-10-27)35-13-14-36-28/h1,4-8,16-17,20H,2-3,9-15H2. The van der Waals surface area contributed by atoms with E-state index in [4.69, 9.17) is 21.1 Å². The Morgan fingerprint density at radius 2 is 1.78 bits per heavy atom. The fourth-order valence-corrected chi connectivity index (χ4v) is 5.60. The third kappa shape index (κ3) is 4.24. The number of pyridine rings is 1. The number of nitrogens with zero attached hydrogens (tertiary/aromatic N) is 4. The Bertz CT molecular complexity index is 1310. The molecule has 184 valence electrons. The normalized spacial score (nSPS) is 20.3. The fraction of sp³-hybridized carbons (Fsp3) is 0.429. The lowest BCUT2D eigenvalue weighted by Crippen LogP contribution is -2.41. The Morgan fingerprint density at radius 1 is 1.06 bits per heavy atom. The minimum Gasteiger partial charge on any atom is -0.348 e. The summed E-state index contributed by atoms with van der Waals surface area (Å²) >= 11 is 6.05. The van der Waals surface area contributed by atoms with Crippen LogP contribution in [0.2, 0.25) is 5.02 Å². The van der Waals surface area contributed by atoms with E-state index in [2.05, 4.69) is 16.2 Å². The summed E-state index contributed by atoms with van der Waals surface area (Å²) in [6.45, 7) is 1.23. The molecule has 6 rings (SSSR count). The molecule has 1 saturated heterocycles. The zero-order valence-corrected chi connectivity index (χ0v) is 20.7. The highest BCUT2D eigenvalue weighted by molar-refractivity contribution is 6.30. The van der Waals surface area contributed by atoms with Crippen LogP contribution in [0.15, 0.2) is 48.8 Å². The maximum atomic E-state index is 13.3. The number of halogens is 1. The minimum atomic E-state index is -0.651. The number of carbonyl (C=O) groups is 1. The van der Waals surface area contributed by atoms with Crippen LogP contribution in [0.5, 0.6) is 0 Å². The number of aromatic nitrogens is 3. The van der Waals surface area contributed by atoms with Gasteiger partial charge in [-0.3, -0.25) is 9.78 Å². The van der Waals surface area contributed by atoms with Crippen LogP contribution >= 0.6 is 11.6 Å². The van der Waals surface area contributed by atoms with Crippen molar-refractivity contribution in [2.75, 3.05) is 13.2 Å². The Labute approximate surface area is 215 Å². The quantitative estimate of drug-likeness (QED) is 0.425. The smallest absolute Gasteiger partial charge is 0.170 e. The summed E-state index contributed by atoms with van der Waals surface area (Å²) in [6.07, 6.45) is 8.43. The summed E-state index contributed by atoms with van der Waals surface area (Å²) in [6, 6.07) is 13.8. The van der Waals surface area contributed by atoms with E-state index in [0.29, 0.717) is 55.4 Å². The van der Waals surface area contributed by atoms with Gasteiger partial charge in [0.05, 0.1) is 53.5 Å². The lowest BCUT2D eigenvalue weighted by molar-refractivity contribution is -0.182. The first-order chi connectivity index (χ1) is 17.5. The van der Waals surface area contributed by atoms with Crippen LogP contribution in [-0.2, 0) is 21.3 Å². The second-order valence-electron chi connectivity index (χ2n) is 10.1. The van der Waals surface area contributed by atoms with Crippen molar-refractivity contribution in [2.24, 2.45) is 0 Å². The molecule has 7 nitrogen and oxygen atoms in total. The van der Waals surface area contributed by atoms with E-state index < -0.39 is 11.2 Å². The van der Waals surface area contributed by atoms with E-state index in [9.17, 15) is 10.1 Å².